The van der Waals surface area contributed by atoms with E-state index >= 15 is 0 Å². The Labute approximate surface area is 111 Å². The molecule has 0 amide bonds. The van der Waals surface area contributed by atoms with Crippen molar-refractivity contribution >= 4 is 7.26 Å². The van der Waals surface area contributed by atoms with Gasteiger partial charge in [0.1, 0.15) is 0 Å². The first-order valence-corrected chi connectivity index (χ1v) is 11.8. The standard InChI is InChI=1S/C16H37P/c1-5-6-7-8-9-10-11-12-13-14-15-16-17(2,3)4/h17H,5-16H2,1-4H3. The van der Waals surface area contributed by atoms with Crippen molar-refractivity contribution in [2.75, 3.05) is 26.2 Å². The Hall–Kier alpha value is 0.430. The number of hydrogen-bond donors (Lipinski definition) is 0. The van der Waals surface area contributed by atoms with Gasteiger partial charge in [-0.3, -0.25) is 0 Å². The Balaban J connectivity index is 2.99. The molecular formula is C16H37P. The molecule has 0 aliphatic carbocycles. The molecule has 0 saturated carbocycles. The summed E-state index contributed by atoms with van der Waals surface area (Å²) in [5.41, 5.74) is 0. The molecule has 0 spiro atoms. The molecule has 0 radical (unpaired) electrons. The quantitative estimate of drug-likeness (QED) is 0.301. The normalized spacial score (nSPS) is 12.9. The number of hydrogen-bond acceptors (Lipinski definition) is 0. The van der Waals surface area contributed by atoms with Crippen LogP contribution in [0.5, 0.6) is 0 Å². The predicted octanol–water partition coefficient (Wildman–Crippen LogP) is 5.94. The summed E-state index contributed by atoms with van der Waals surface area (Å²) >= 11 is 0. The van der Waals surface area contributed by atoms with Crippen LogP contribution in [0.4, 0.5) is 0 Å². The molecule has 0 rings (SSSR count). The zero-order valence-corrected chi connectivity index (χ0v) is 14.0. The fourth-order valence-electron chi connectivity index (χ4n) is 2.32. The second-order valence-corrected chi connectivity index (χ2v) is 12.5. The molecule has 0 fully saturated rings. The molecule has 0 aromatic carbocycles. The average molecular weight is 260 g/mol. The predicted molar refractivity (Wildman–Crippen MR) is 87.4 cm³/mol. The van der Waals surface area contributed by atoms with Crippen molar-refractivity contribution in [2.45, 2.75) is 77.6 Å². The first-order valence-electron chi connectivity index (χ1n) is 8.06. The van der Waals surface area contributed by atoms with Crippen molar-refractivity contribution in [1.82, 2.24) is 0 Å². The van der Waals surface area contributed by atoms with Crippen LogP contribution in [-0.4, -0.2) is 26.2 Å². The van der Waals surface area contributed by atoms with Gasteiger partial charge in [-0.05, 0) is 0 Å². The monoisotopic (exact) mass is 260 g/mol. The van der Waals surface area contributed by atoms with Gasteiger partial charge < -0.3 is 0 Å². The van der Waals surface area contributed by atoms with Crippen LogP contribution in [0.3, 0.4) is 0 Å². The van der Waals surface area contributed by atoms with Crippen molar-refractivity contribution in [3.8, 4) is 0 Å². The summed E-state index contributed by atoms with van der Waals surface area (Å²) in [5, 5.41) is 0. The zero-order chi connectivity index (χ0) is 13.0. The van der Waals surface area contributed by atoms with Crippen molar-refractivity contribution < 1.29 is 0 Å². The Morgan fingerprint density at radius 2 is 0.882 bits per heavy atom. The van der Waals surface area contributed by atoms with Gasteiger partial charge in [0, 0.05) is 0 Å². The molecule has 17 heavy (non-hydrogen) atoms. The summed E-state index contributed by atoms with van der Waals surface area (Å²) in [6, 6.07) is 0. The van der Waals surface area contributed by atoms with Gasteiger partial charge in [0.25, 0.3) is 0 Å². The molecule has 0 unspecified atom stereocenters. The van der Waals surface area contributed by atoms with E-state index in [9.17, 15) is 0 Å². The third-order valence-corrected chi connectivity index (χ3v) is 5.38. The average Bonchev–Trinajstić information content (AvgIpc) is 2.24. The first-order chi connectivity index (χ1) is 8.06. The van der Waals surface area contributed by atoms with Crippen LogP contribution >= 0.6 is 7.26 Å². The van der Waals surface area contributed by atoms with Crippen LogP contribution in [0.1, 0.15) is 77.6 Å². The van der Waals surface area contributed by atoms with Gasteiger partial charge in [-0.25, -0.2) is 0 Å². The van der Waals surface area contributed by atoms with Crippen LogP contribution in [0.15, 0.2) is 0 Å². The molecule has 0 N–H and O–H groups in total. The molecule has 0 aliphatic rings. The van der Waals surface area contributed by atoms with Crippen LogP contribution < -0.4 is 0 Å². The second-order valence-electron chi connectivity index (χ2n) is 6.85. The molecule has 0 atom stereocenters. The zero-order valence-electron chi connectivity index (χ0n) is 13.0. The van der Waals surface area contributed by atoms with Crippen molar-refractivity contribution in [3.63, 3.8) is 0 Å². The minimum absolute atomic E-state index is 0.751. The van der Waals surface area contributed by atoms with Crippen LogP contribution in [0.2, 0.25) is 0 Å². The molecule has 0 nitrogen and oxygen atoms in total. The van der Waals surface area contributed by atoms with Crippen LogP contribution in [0.25, 0.3) is 0 Å². The minimum atomic E-state index is -0.751. The maximum atomic E-state index is 2.49. The van der Waals surface area contributed by atoms with E-state index in [2.05, 4.69) is 26.9 Å². The van der Waals surface area contributed by atoms with Gasteiger partial charge in [-0.15, -0.1) is 0 Å². The number of unbranched alkanes of at least 4 members (excludes halogenated alkanes) is 10. The third kappa shape index (κ3) is 16.4. The fourth-order valence-corrected chi connectivity index (χ4v) is 3.63. The van der Waals surface area contributed by atoms with Crippen molar-refractivity contribution in [3.05, 3.63) is 0 Å². The summed E-state index contributed by atoms with van der Waals surface area (Å²) < 4.78 is 0. The summed E-state index contributed by atoms with van der Waals surface area (Å²) in [7, 11) is -0.751. The molecule has 0 aliphatic heterocycles. The summed E-state index contributed by atoms with van der Waals surface area (Å²) in [6.07, 6.45) is 17.7. The van der Waals surface area contributed by atoms with E-state index in [1.54, 1.807) is 0 Å². The second kappa shape index (κ2) is 11.5. The Morgan fingerprint density at radius 3 is 1.24 bits per heavy atom. The Bertz CT molecular complexity index is 146. The van der Waals surface area contributed by atoms with Gasteiger partial charge >= 0.3 is 104 Å². The van der Waals surface area contributed by atoms with E-state index in [-0.39, 0.29) is 0 Å². The first kappa shape index (κ1) is 17.4. The van der Waals surface area contributed by atoms with E-state index in [1.165, 1.54) is 76.8 Å². The van der Waals surface area contributed by atoms with E-state index in [4.69, 9.17) is 0 Å². The molecule has 1 heteroatoms. The molecular weight excluding hydrogens is 223 g/mol. The van der Waals surface area contributed by atoms with Crippen molar-refractivity contribution in [2.24, 2.45) is 0 Å². The van der Waals surface area contributed by atoms with E-state index in [1.807, 2.05) is 0 Å². The SMILES string of the molecule is CCCCCCCCCCCCC[PH](C)(C)C. The third-order valence-electron chi connectivity index (χ3n) is 3.53. The molecule has 0 aromatic rings. The molecule has 0 saturated heterocycles. The van der Waals surface area contributed by atoms with Gasteiger partial charge in [-0.2, -0.15) is 0 Å². The van der Waals surface area contributed by atoms with E-state index in [0.29, 0.717) is 0 Å². The molecule has 0 heterocycles. The fraction of sp³-hybridized carbons (Fsp3) is 1.00. The van der Waals surface area contributed by atoms with E-state index < -0.39 is 7.26 Å². The molecule has 0 bridgehead atoms. The Kier molecular flexibility index (Phi) is 11.8. The maximum absolute atomic E-state index is 2.49. The number of rotatable bonds is 12. The summed E-state index contributed by atoms with van der Waals surface area (Å²) in [4.78, 5) is 0. The van der Waals surface area contributed by atoms with Gasteiger partial charge in [0.15, 0.2) is 0 Å². The van der Waals surface area contributed by atoms with Crippen LogP contribution in [0, 0.1) is 0 Å². The van der Waals surface area contributed by atoms with E-state index in [0.717, 1.165) is 0 Å². The topological polar surface area (TPSA) is 0 Å². The van der Waals surface area contributed by atoms with Crippen LogP contribution in [-0.2, 0) is 0 Å². The van der Waals surface area contributed by atoms with Gasteiger partial charge in [0.05, 0.1) is 0 Å². The summed E-state index contributed by atoms with van der Waals surface area (Å²) in [6.45, 7) is 9.76. The summed E-state index contributed by atoms with van der Waals surface area (Å²) in [5.74, 6) is 0. The molecule has 106 valence electrons. The van der Waals surface area contributed by atoms with Crippen molar-refractivity contribution in [1.29, 1.82) is 0 Å². The van der Waals surface area contributed by atoms with Gasteiger partial charge in [0.2, 0.25) is 0 Å². The molecule has 0 aromatic heterocycles. The van der Waals surface area contributed by atoms with Gasteiger partial charge in [-0.1, -0.05) is 6.92 Å². The Morgan fingerprint density at radius 1 is 0.529 bits per heavy atom.